The first-order valence-electron chi connectivity index (χ1n) is 14.1. The molecule has 0 spiro atoms. The molecule has 0 fully saturated rings. The lowest BCUT2D eigenvalue weighted by molar-refractivity contribution is -0.158. The van der Waals surface area contributed by atoms with E-state index in [1.165, 1.54) is 12.1 Å². The van der Waals surface area contributed by atoms with Crippen LogP contribution in [0, 0.1) is 0 Å². The number of esters is 2. The second-order valence-electron chi connectivity index (χ2n) is 9.44. The molecular weight excluding hydrogens is 522 g/mol. The van der Waals surface area contributed by atoms with E-state index in [0.717, 1.165) is 38.5 Å². The van der Waals surface area contributed by atoms with E-state index in [-0.39, 0.29) is 43.7 Å². The minimum absolute atomic E-state index is 0.0349. The van der Waals surface area contributed by atoms with Crippen LogP contribution in [0.25, 0.3) is 0 Å². The van der Waals surface area contributed by atoms with Gasteiger partial charge >= 0.3 is 24.2 Å². The van der Waals surface area contributed by atoms with Crippen molar-refractivity contribution in [1.29, 1.82) is 0 Å². The molecule has 0 aromatic heterocycles. The molecule has 0 unspecified atom stereocenters. The molecule has 11 nitrogen and oxygen atoms in total. The Morgan fingerprint density at radius 1 is 0.775 bits per heavy atom. The van der Waals surface area contributed by atoms with Crippen LogP contribution < -0.4 is 15.2 Å². The van der Waals surface area contributed by atoms with Gasteiger partial charge in [0.1, 0.15) is 18.8 Å². The van der Waals surface area contributed by atoms with Gasteiger partial charge in [-0.2, -0.15) is 0 Å². The molecule has 0 aliphatic heterocycles. The fraction of sp³-hybridized carbons (Fsp3) is 0.655. The zero-order valence-corrected chi connectivity index (χ0v) is 24.2. The first kappa shape index (κ1) is 34.7. The van der Waals surface area contributed by atoms with Gasteiger partial charge in [0, 0.05) is 6.42 Å². The SMILES string of the molecule is CCCCCOC(=O)Oc1ccc(C[C@H](N)C(=O)OC[C@H](C)OC(=O)CCCC)cc1OC(=O)OCCCCC. The number of benzene rings is 1. The number of carbonyl (C=O) groups is 4. The smallest absolute Gasteiger partial charge is 0.461 e. The Morgan fingerprint density at radius 3 is 1.93 bits per heavy atom. The standard InChI is InChI=1S/C29H45NO10/c1-5-8-11-16-35-28(33)39-24-15-14-22(19-25(24)40-29(34)36-17-12-9-6-2)18-23(30)27(32)37-20-21(4)38-26(31)13-10-7-3/h14-15,19,21,23H,5-13,16-18,20,30H2,1-4H3/t21-,23-/m0/s1. The number of hydrogen-bond donors (Lipinski definition) is 1. The molecule has 2 atom stereocenters. The van der Waals surface area contributed by atoms with Crippen molar-refractivity contribution in [2.45, 2.75) is 104 Å². The van der Waals surface area contributed by atoms with E-state index < -0.39 is 30.4 Å². The van der Waals surface area contributed by atoms with Crippen LogP contribution >= 0.6 is 0 Å². The first-order chi connectivity index (χ1) is 19.2. The van der Waals surface area contributed by atoms with Gasteiger partial charge in [-0.3, -0.25) is 9.59 Å². The predicted molar refractivity (Wildman–Crippen MR) is 147 cm³/mol. The van der Waals surface area contributed by atoms with Crippen molar-refractivity contribution < 1.29 is 47.6 Å². The second kappa shape index (κ2) is 20.5. The highest BCUT2D eigenvalue weighted by Crippen LogP contribution is 2.30. The lowest BCUT2D eigenvalue weighted by Gasteiger charge is -2.17. The van der Waals surface area contributed by atoms with E-state index in [2.05, 4.69) is 0 Å². The summed E-state index contributed by atoms with van der Waals surface area (Å²) >= 11 is 0. The van der Waals surface area contributed by atoms with Crippen LogP contribution in [0.1, 0.15) is 91.0 Å². The minimum atomic E-state index is -1.05. The van der Waals surface area contributed by atoms with Gasteiger partial charge in [-0.25, -0.2) is 9.59 Å². The molecule has 11 heteroatoms. The summed E-state index contributed by atoms with van der Waals surface area (Å²) in [4.78, 5) is 48.5. The summed E-state index contributed by atoms with van der Waals surface area (Å²) in [5.74, 6) is -1.18. The summed E-state index contributed by atoms with van der Waals surface area (Å²) in [5, 5.41) is 0. The Balaban J connectivity index is 2.80. The van der Waals surface area contributed by atoms with Crippen molar-refractivity contribution in [3.05, 3.63) is 23.8 Å². The molecule has 1 aromatic rings. The van der Waals surface area contributed by atoms with Gasteiger partial charge in [-0.1, -0.05) is 58.9 Å². The van der Waals surface area contributed by atoms with Crippen molar-refractivity contribution in [3.8, 4) is 11.5 Å². The zero-order valence-electron chi connectivity index (χ0n) is 24.2. The van der Waals surface area contributed by atoms with E-state index in [0.29, 0.717) is 24.8 Å². The Hall–Kier alpha value is -3.34. The number of hydrogen-bond acceptors (Lipinski definition) is 11. The number of unbranched alkanes of at least 4 members (excludes halogenated alkanes) is 5. The van der Waals surface area contributed by atoms with Crippen molar-refractivity contribution in [1.82, 2.24) is 0 Å². The molecule has 1 aromatic carbocycles. The Morgan fingerprint density at radius 2 is 1.35 bits per heavy atom. The van der Waals surface area contributed by atoms with Gasteiger partial charge in [0.05, 0.1) is 13.2 Å². The van der Waals surface area contributed by atoms with Gasteiger partial charge in [-0.05, 0) is 50.3 Å². The zero-order chi connectivity index (χ0) is 29.8. The third-order valence-corrected chi connectivity index (χ3v) is 5.62. The fourth-order valence-electron chi connectivity index (χ4n) is 3.38. The Bertz CT molecular complexity index is 920. The highest BCUT2D eigenvalue weighted by molar-refractivity contribution is 5.76. The molecule has 0 bridgehead atoms. The molecule has 2 N–H and O–H groups in total. The molecule has 40 heavy (non-hydrogen) atoms. The third-order valence-electron chi connectivity index (χ3n) is 5.62. The predicted octanol–water partition coefficient (Wildman–Crippen LogP) is 5.63. The van der Waals surface area contributed by atoms with Crippen LogP contribution in [0.2, 0.25) is 0 Å². The molecule has 0 amide bonds. The maximum absolute atomic E-state index is 12.4. The van der Waals surface area contributed by atoms with E-state index >= 15 is 0 Å². The maximum atomic E-state index is 12.4. The summed E-state index contributed by atoms with van der Waals surface area (Å²) < 4.78 is 31.1. The minimum Gasteiger partial charge on any atom is -0.461 e. The summed E-state index contributed by atoms with van der Waals surface area (Å²) in [7, 11) is 0. The summed E-state index contributed by atoms with van der Waals surface area (Å²) in [6.45, 7) is 7.91. The van der Waals surface area contributed by atoms with Crippen LogP contribution in [-0.2, 0) is 35.0 Å². The average Bonchev–Trinajstić information content (AvgIpc) is 2.92. The van der Waals surface area contributed by atoms with Gasteiger partial charge in [0.2, 0.25) is 0 Å². The van der Waals surface area contributed by atoms with E-state index in [1.807, 2.05) is 20.8 Å². The molecule has 0 aliphatic carbocycles. The number of carbonyl (C=O) groups excluding carboxylic acids is 4. The van der Waals surface area contributed by atoms with Crippen LogP contribution in [0.15, 0.2) is 18.2 Å². The highest BCUT2D eigenvalue weighted by atomic mass is 16.7. The van der Waals surface area contributed by atoms with Crippen molar-refractivity contribution in [2.24, 2.45) is 5.73 Å². The molecule has 226 valence electrons. The van der Waals surface area contributed by atoms with Crippen LogP contribution in [-0.4, -0.2) is 56.2 Å². The molecule has 0 radical (unpaired) electrons. The largest absolute Gasteiger partial charge is 0.513 e. The monoisotopic (exact) mass is 567 g/mol. The summed E-state index contributed by atoms with van der Waals surface area (Å²) in [6, 6.07) is 3.37. The van der Waals surface area contributed by atoms with Gasteiger partial charge < -0.3 is 34.2 Å². The van der Waals surface area contributed by atoms with E-state index in [1.54, 1.807) is 13.0 Å². The van der Waals surface area contributed by atoms with Gasteiger partial charge in [-0.15, -0.1) is 0 Å². The Kier molecular flexibility index (Phi) is 17.8. The van der Waals surface area contributed by atoms with Crippen molar-refractivity contribution in [2.75, 3.05) is 19.8 Å². The topological polar surface area (TPSA) is 150 Å². The molecule has 0 aliphatic rings. The van der Waals surface area contributed by atoms with Crippen LogP contribution in [0.4, 0.5) is 9.59 Å². The second-order valence-corrected chi connectivity index (χ2v) is 9.44. The number of rotatable bonds is 19. The van der Waals surface area contributed by atoms with Crippen molar-refractivity contribution in [3.63, 3.8) is 0 Å². The normalized spacial score (nSPS) is 12.1. The summed E-state index contributed by atoms with van der Waals surface area (Å²) in [6.07, 6.45) is 4.56. The lowest BCUT2D eigenvalue weighted by atomic mass is 10.1. The molecule has 1 rings (SSSR count). The van der Waals surface area contributed by atoms with Gasteiger partial charge in [0.15, 0.2) is 11.5 Å². The highest BCUT2D eigenvalue weighted by Gasteiger charge is 2.21. The number of ether oxygens (including phenoxy) is 6. The Labute approximate surface area is 236 Å². The van der Waals surface area contributed by atoms with E-state index in [9.17, 15) is 19.2 Å². The van der Waals surface area contributed by atoms with E-state index in [4.69, 9.17) is 34.2 Å². The van der Waals surface area contributed by atoms with Gasteiger partial charge in [0.25, 0.3) is 0 Å². The fourth-order valence-corrected chi connectivity index (χ4v) is 3.38. The molecular formula is C29H45NO10. The first-order valence-corrected chi connectivity index (χ1v) is 14.1. The average molecular weight is 568 g/mol. The third kappa shape index (κ3) is 15.3. The summed E-state index contributed by atoms with van der Waals surface area (Å²) in [5.41, 5.74) is 6.54. The lowest BCUT2D eigenvalue weighted by Crippen LogP contribution is -2.36. The molecule has 0 saturated carbocycles. The molecule has 0 saturated heterocycles. The quantitative estimate of drug-likeness (QED) is 0.0958. The van der Waals surface area contributed by atoms with Crippen molar-refractivity contribution >= 4 is 24.2 Å². The maximum Gasteiger partial charge on any atom is 0.513 e. The van der Waals surface area contributed by atoms with Crippen LogP contribution in [0.3, 0.4) is 0 Å². The molecule has 0 heterocycles. The number of nitrogens with two attached hydrogens (primary N) is 1. The van der Waals surface area contributed by atoms with Crippen LogP contribution in [0.5, 0.6) is 11.5 Å².